The summed E-state index contributed by atoms with van der Waals surface area (Å²) < 4.78 is 18.5. The summed E-state index contributed by atoms with van der Waals surface area (Å²) in [6, 6.07) is 4.61. The Labute approximate surface area is 79.7 Å². The van der Waals surface area contributed by atoms with Crippen LogP contribution in [0.25, 0.3) is 0 Å². The maximum atomic E-state index is 12.7. The van der Waals surface area contributed by atoms with Crippen molar-refractivity contribution >= 4 is 15.9 Å². The summed E-state index contributed by atoms with van der Waals surface area (Å²) in [5.74, 6) is 0.407. The zero-order valence-electron chi connectivity index (χ0n) is 6.97. The van der Waals surface area contributed by atoms with Crippen molar-refractivity contribution in [3.8, 4) is 5.75 Å². The Morgan fingerprint density at radius 1 is 1.42 bits per heavy atom. The highest BCUT2D eigenvalue weighted by atomic mass is 79.9. The van der Waals surface area contributed by atoms with E-state index in [-0.39, 0.29) is 11.9 Å². The smallest absolute Gasteiger partial charge is 0.137 e. The lowest BCUT2D eigenvalue weighted by atomic mass is 10.3. The first kappa shape index (κ1) is 9.52. The van der Waals surface area contributed by atoms with Crippen LogP contribution in [-0.2, 0) is 0 Å². The van der Waals surface area contributed by atoms with Crippen LogP contribution in [0.15, 0.2) is 22.7 Å². The van der Waals surface area contributed by atoms with Crippen LogP contribution in [0.3, 0.4) is 0 Å². The highest BCUT2D eigenvalue weighted by Gasteiger charge is 2.01. The Balaban J connectivity index is 2.82. The molecule has 0 fully saturated rings. The molecule has 0 spiro atoms. The van der Waals surface area contributed by atoms with Gasteiger partial charge >= 0.3 is 0 Å². The van der Waals surface area contributed by atoms with Crippen LogP contribution in [0.1, 0.15) is 13.8 Å². The standard InChI is InChI=1S/C9H10BrFO/c1-6(2)12-7-3-4-9(11)8(10)5-7/h3-6H,1-2H3. The first-order valence-electron chi connectivity index (χ1n) is 3.71. The average Bonchev–Trinajstić information content (AvgIpc) is 1.96. The molecule has 0 radical (unpaired) electrons. The predicted molar refractivity (Wildman–Crippen MR) is 49.9 cm³/mol. The summed E-state index contributed by atoms with van der Waals surface area (Å²) >= 11 is 3.08. The minimum absolute atomic E-state index is 0.113. The number of hydrogen-bond acceptors (Lipinski definition) is 1. The van der Waals surface area contributed by atoms with Gasteiger partial charge in [0.2, 0.25) is 0 Å². The van der Waals surface area contributed by atoms with Crippen molar-refractivity contribution in [1.29, 1.82) is 0 Å². The van der Waals surface area contributed by atoms with E-state index in [0.717, 1.165) is 0 Å². The second kappa shape index (κ2) is 3.90. The first-order chi connectivity index (χ1) is 5.59. The lowest BCUT2D eigenvalue weighted by molar-refractivity contribution is 0.242. The van der Waals surface area contributed by atoms with Gasteiger partial charge in [0.25, 0.3) is 0 Å². The largest absolute Gasteiger partial charge is 0.491 e. The summed E-state index contributed by atoms with van der Waals surface area (Å²) in [5, 5.41) is 0. The summed E-state index contributed by atoms with van der Waals surface area (Å²) in [6.45, 7) is 3.86. The Kier molecular flexibility index (Phi) is 3.09. The number of benzene rings is 1. The fourth-order valence-corrected chi connectivity index (χ4v) is 1.18. The van der Waals surface area contributed by atoms with Gasteiger partial charge in [0.15, 0.2) is 0 Å². The van der Waals surface area contributed by atoms with Gasteiger partial charge in [0.05, 0.1) is 10.6 Å². The highest BCUT2D eigenvalue weighted by Crippen LogP contribution is 2.22. The van der Waals surface area contributed by atoms with E-state index in [0.29, 0.717) is 10.2 Å². The second-order valence-corrected chi connectivity index (χ2v) is 3.60. The molecule has 1 aromatic carbocycles. The van der Waals surface area contributed by atoms with Crippen molar-refractivity contribution in [3.05, 3.63) is 28.5 Å². The lowest BCUT2D eigenvalue weighted by Crippen LogP contribution is -2.05. The molecule has 1 aromatic rings. The molecular formula is C9H10BrFO. The Hall–Kier alpha value is -0.570. The summed E-state index contributed by atoms with van der Waals surface area (Å²) in [4.78, 5) is 0. The number of rotatable bonds is 2. The molecule has 66 valence electrons. The first-order valence-corrected chi connectivity index (χ1v) is 4.50. The SMILES string of the molecule is CC(C)Oc1ccc(F)c(Br)c1. The molecule has 3 heteroatoms. The molecule has 0 atom stereocenters. The number of ether oxygens (including phenoxy) is 1. The van der Waals surface area contributed by atoms with Crippen molar-refractivity contribution < 1.29 is 9.13 Å². The molecule has 0 aliphatic rings. The van der Waals surface area contributed by atoms with Crippen molar-refractivity contribution in [2.75, 3.05) is 0 Å². The third-order valence-corrected chi connectivity index (χ3v) is 1.87. The molecule has 0 aliphatic heterocycles. The molecule has 0 saturated heterocycles. The number of halogens is 2. The van der Waals surface area contributed by atoms with Gasteiger partial charge in [0, 0.05) is 0 Å². The Morgan fingerprint density at radius 3 is 2.58 bits per heavy atom. The molecule has 0 unspecified atom stereocenters. The van der Waals surface area contributed by atoms with Crippen LogP contribution in [0.5, 0.6) is 5.75 Å². The quantitative estimate of drug-likeness (QED) is 0.760. The molecule has 0 heterocycles. The lowest BCUT2D eigenvalue weighted by Gasteiger charge is -2.09. The fourth-order valence-electron chi connectivity index (χ4n) is 0.822. The van der Waals surface area contributed by atoms with E-state index in [1.54, 1.807) is 12.1 Å². The summed E-state index contributed by atoms with van der Waals surface area (Å²) in [6.07, 6.45) is 0.113. The molecule has 0 amide bonds. The third kappa shape index (κ3) is 2.48. The van der Waals surface area contributed by atoms with E-state index in [2.05, 4.69) is 15.9 Å². The van der Waals surface area contributed by atoms with Crippen LogP contribution >= 0.6 is 15.9 Å². The topological polar surface area (TPSA) is 9.23 Å². The van der Waals surface area contributed by atoms with Crippen LogP contribution in [0.4, 0.5) is 4.39 Å². The van der Waals surface area contributed by atoms with Gasteiger partial charge in [-0.3, -0.25) is 0 Å². The summed E-state index contributed by atoms with van der Waals surface area (Å²) in [5.41, 5.74) is 0. The molecule has 1 rings (SSSR count). The zero-order valence-corrected chi connectivity index (χ0v) is 8.56. The van der Waals surface area contributed by atoms with E-state index in [4.69, 9.17) is 4.74 Å². The maximum Gasteiger partial charge on any atom is 0.137 e. The second-order valence-electron chi connectivity index (χ2n) is 2.74. The fraction of sp³-hybridized carbons (Fsp3) is 0.333. The van der Waals surface area contributed by atoms with E-state index >= 15 is 0 Å². The van der Waals surface area contributed by atoms with Gasteiger partial charge in [-0.05, 0) is 48.0 Å². The monoisotopic (exact) mass is 232 g/mol. The molecule has 0 bridgehead atoms. The van der Waals surface area contributed by atoms with E-state index in [1.807, 2.05) is 13.8 Å². The van der Waals surface area contributed by atoms with Crippen molar-refractivity contribution in [3.63, 3.8) is 0 Å². The van der Waals surface area contributed by atoms with Gasteiger partial charge in [0.1, 0.15) is 11.6 Å². The van der Waals surface area contributed by atoms with Gasteiger partial charge in [-0.2, -0.15) is 0 Å². The molecule has 0 N–H and O–H groups in total. The summed E-state index contributed by atoms with van der Waals surface area (Å²) in [7, 11) is 0. The van der Waals surface area contributed by atoms with Crippen LogP contribution < -0.4 is 4.74 Å². The molecule has 0 saturated carbocycles. The van der Waals surface area contributed by atoms with E-state index in [9.17, 15) is 4.39 Å². The van der Waals surface area contributed by atoms with Crippen molar-refractivity contribution in [1.82, 2.24) is 0 Å². The number of hydrogen-bond donors (Lipinski definition) is 0. The molecular weight excluding hydrogens is 223 g/mol. The predicted octanol–water partition coefficient (Wildman–Crippen LogP) is 3.38. The Bertz CT molecular complexity index is 273. The van der Waals surface area contributed by atoms with Gasteiger partial charge in [-0.1, -0.05) is 0 Å². The molecule has 0 aliphatic carbocycles. The zero-order chi connectivity index (χ0) is 9.14. The molecule has 1 nitrogen and oxygen atoms in total. The van der Waals surface area contributed by atoms with Crippen molar-refractivity contribution in [2.24, 2.45) is 0 Å². The van der Waals surface area contributed by atoms with Gasteiger partial charge in [-0.25, -0.2) is 4.39 Å². The van der Waals surface area contributed by atoms with E-state index in [1.165, 1.54) is 6.07 Å². The highest BCUT2D eigenvalue weighted by molar-refractivity contribution is 9.10. The van der Waals surface area contributed by atoms with E-state index < -0.39 is 0 Å². The van der Waals surface area contributed by atoms with Crippen LogP contribution in [-0.4, -0.2) is 6.10 Å². The normalized spacial score (nSPS) is 10.4. The van der Waals surface area contributed by atoms with Gasteiger partial charge in [-0.15, -0.1) is 0 Å². The van der Waals surface area contributed by atoms with Crippen LogP contribution in [0, 0.1) is 5.82 Å². The molecule has 0 aromatic heterocycles. The minimum atomic E-state index is -0.272. The minimum Gasteiger partial charge on any atom is -0.491 e. The average molecular weight is 233 g/mol. The Morgan fingerprint density at radius 2 is 2.08 bits per heavy atom. The van der Waals surface area contributed by atoms with Gasteiger partial charge < -0.3 is 4.74 Å². The van der Waals surface area contributed by atoms with Crippen molar-refractivity contribution in [2.45, 2.75) is 20.0 Å². The third-order valence-electron chi connectivity index (χ3n) is 1.26. The maximum absolute atomic E-state index is 12.7. The molecule has 12 heavy (non-hydrogen) atoms. The van der Waals surface area contributed by atoms with Crippen LogP contribution in [0.2, 0.25) is 0 Å².